The average molecular weight is 232 g/mol. The average Bonchev–Trinajstić information content (AvgIpc) is 2.29. The van der Waals surface area contributed by atoms with E-state index in [9.17, 15) is 0 Å². The van der Waals surface area contributed by atoms with Crippen molar-refractivity contribution in [2.24, 2.45) is 0 Å². The van der Waals surface area contributed by atoms with Gasteiger partial charge in [-0.15, -0.1) is 0 Å². The van der Waals surface area contributed by atoms with Gasteiger partial charge in [0.05, 0.1) is 5.69 Å². The van der Waals surface area contributed by atoms with E-state index in [0.29, 0.717) is 10.6 Å². The highest BCUT2D eigenvalue weighted by molar-refractivity contribution is 7.71. The number of rotatable bonds is 2. The highest BCUT2D eigenvalue weighted by atomic mass is 32.1. The van der Waals surface area contributed by atoms with Gasteiger partial charge in [-0.05, 0) is 6.07 Å². The van der Waals surface area contributed by atoms with E-state index in [2.05, 4.69) is 33.8 Å². The van der Waals surface area contributed by atoms with Crippen molar-refractivity contribution in [3.63, 3.8) is 0 Å². The van der Waals surface area contributed by atoms with Crippen LogP contribution in [-0.2, 0) is 0 Å². The van der Waals surface area contributed by atoms with Gasteiger partial charge in [-0.3, -0.25) is 0 Å². The van der Waals surface area contributed by atoms with Crippen LogP contribution in [0.15, 0.2) is 24.8 Å². The summed E-state index contributed by atoms with van der Waals surface area (Å²) in [7, 11) is 0. The fourth-order valence-electron chi connectivity index (χ4n) is 1.34. The normalized spacial score (nSPS) is 10.7. The lowest BCUT2D eigenvalue weighted by molar-refractivity contribution is 0.773. The molecule has 2 rings (SSSR count). The SMILES string of the molecule is CC(C)c1nc(=S)cc(-c2cncnc2)[nH]1. The van der Waals surface area contributed by atoms with Crippen molar-refractivity contribution >= 4 is 12.2 Å². The van der Waals surface area contributed by atoms with Gasteiger partial charge in [-0.2, -0.15) is 0 Å². The zero-order valence-corrected chi connectivity index (χ0v) is 9.95. The number of nitrogens with one attached hydrogen (secondary N) is 1. The fourth-order valence-corrected chi connectivity index (χ4v) is 1.56. The summed E-state index contributed by atoms with van der Waals surface area (Å²) in [6, 6.07) is 1.82. The first kappa shape index (κ1) is 10.9. The molecular formula is C11H12N4S. The summed E-state index contributed by atoms with van der Waals surface area (Å²) in [6.45, 7) is 4.14. The van der Waals surface area contributed by atoms with Gasteiger partial charge in [0.1, 0.15) is 16.8 Å². The molecule has 5 heteroatoms. The second-order valence-corrected chi connectivity index (χ2v) is 4.22. The van der Waals surface area contributed by atoms with E-state index in [1.165, 1.54) is 6.33 Å². The molecule has 2 aromatic rings. The zero-order chi connectivity index (χ0) is 11.5. The fraction of sp³-hybridized carbons (Fsp3) is 0.273. The van der Waals surface area contributed by atoms with Gasteiger partial charge in [-0.25, -0.2) is 15.0 Å². The minimum atomic E-state index is 0.311. The van der Waals surface area contributed by atoms with Gasteiger partial charge < -0.3 is 4.98 Å². The quantitative estimate of drug-likeness (QED) is 0.809. The number of nitrogens with zero attached hydrogens (tertiary/aromatic N) is 3. The summed E-state index contributed by atoms with van der Waals surface area (Å²) in [5.41, 5.74) is 1.82. The molecule has 0 saturated carbocycles. The van der Waals surface area contributed by atoms with Crippen LogP contribution < -0.4 is 0 Å². The van der Waals surface area contributed by atoms with Gasteiger partial charge in [0, 0.05) is 23.9 Å². The molecule has 2 aromatic heterocycles. The third-order valence-corrected chi connectivity index (χ3v) is 2.39. The topological polar surface area (TPSA) is 54.5 Å². The van der Waals surface area contributed by atoms with Crippen molar-refractivity contribution in [2.75, 3.05) is 0 Å². The first-order valence-electron chi connectivity index (χ1n) is 5.03. The molecule has 0 amide bonds. The van der Waals surface area contributed by atoms with Gasteiger partial charge in [0.2, 0.25) is 0 Å². The van der Waals surface area contributed by atoms with Gasteiger partial charge in [0.25, 0.3) is 0 Å². The monoisotopic (exact) mass is 232 g/mol. The Kier molecular flexibility index (Phi) is 3.05. The predicted molar refractivity (Wildman–Crippen MR) is 64.5 cm³/mol. The Labute approximate surface area is 98.8 Å². The van der Waals surface area contributed by atoms with Crippen molar-refractivity contribution in [1.29, 1.82) is 0 Å². The van der Waals surface area contributed by atoms with Crippen LogP contribution in [0.4, 0.5) is 0 Å². The van der Waals surface area contributed by atoms with Crippen LogP contribution >= 0.6 is 12.2 Å². The van der Waals surface area contributed by atoms with Crippen molar-refractivity contribution in [1.82, 2.24) is 19.9 Å². The van der Waals surface area contributed by atoms with Crippen molar-refractivity contribution in [3.05, 3.63) is 35.3 Å². The molecule has 0 fully saturated rings. The summed E-state index contributed by atoms with van der Waals surface area (Å²) < 4.78 is 0.585. The molecule has 0 unspecified atom stereocenters. The predicted octanol–water partition coefficient (Wildman–Crippen LogP) is 2.72. The molecule has 1 N–H and O–H groups in total. The van der Waals surface area contributed by atoms with Gasteiger partial charge in [0.15, 0.2) is 0 Å². The lowest BCUT2D eigenvalue weighted by Gasteiger charge is -2.07. The first-order chi connectivity index (χ1) is 7.66. The van der Waals surface area contributed by atoms with E-state index < -0.39 is 0 Å². The number of aromatic amines is 1. The Balaban J connectivity index is 2.54. The third-order valence-electron chi connectivity index (χ3n) is 2.18. The van der Waals surface area contributed by atoms with Crippen LogP contribution in [0.25, 0.3) is 11.3 Å². The van der Waals surface area contributed by atoms with E-state index in [1.807, 2.05) is 6.07 Å². The Bertz CT molecular complexity index is 533. The van der Waals surface area contributed by atoms with Crippen LogP contribution in [-0.4, -0.2) is 19.9 Å². The number of H-pyrrole nitrogens is 1. The molecular weight excluding hydrogens is 220 g/mol. The highest BCUT2D eigenvalue weighted by Crippen LogP contribution is 2.17. The molecule has 82 valence electrons. The molecule has 16 heavy (non-hydrogen) atoms. The number of aromatic nitrogens is 4. The second-order valence-electron chi connectivity index (χ2n) is 3.80. The van der Waals surface area contributed by atoms with E-state index in [1.54, 1.807) is 12.4 Å². The molecule has 0 atom stereocenters. The zero-order valence-electron chi connectivity index (χ0n) is 9.14. The number of hydrogen-bond donors (Lipinski definition) is 1. The summed E-state index contributed by atoms with van der Waals surface area (Å²) in [4.78, 5) is 15.5. The van der Waals surface area contributed by atoms with Crippen LogP contribution in [0.2, 0.25) is 0 Å². The second kappa shape index (κ2) is 4.49. The first-order valence-corrected chi connectivity index (χ1v) is 5.44. The molecule has 4 nitrogen and oxygen atoms in total. The van der Waals surface area contributed by atoms with Crippen molar-refractivity contribution in [3.8, 4) is 11.3 Å². The maximum atomic E-state index is 5.13. The van der Waals surface area contributed by atoms with Crippen molar-refractivity contribution in [2.45, 2.75) is 19.8 Å². The van der Waals surface area contributed by atoms with Crippen LogP contribution in [0, 0.1) is 4.64 Å². The standard InChI is InChI=1S/C11H12N4S/c1-7(2)11-14-9(3-10(16)15-11)8-4-12-6-13-5-8/h3-7H,1-2H3,(H,14,15,16). The van der Waals surface area contributed by atoms with Crippen LogP contribution in [0.1, 0.15) is 25.6 Å². The number of hydrogen-bond acceptors (Lipinski definition) is 4. The minimum absolute atomic E-state index is 0.311. The summed E-state index contributed by atoms with van der Waals surface area (Å²) in [5.74, 6) is 1.19. The van der Waals surface area contributed by atoms with E-state index >= 15 is 0 Å². The molecule has 0 saturated heterocycles. The largest absolute Gasteiger partial charge is 0.343 e. The third kappa shape index (κ3) is 2.30. The maximum Gasteiger partial charge on any atom is 0.130 e. The van der Waals surface area contributed by atoms with E-state index in [4.69, 9.17) is 12.2 Å². The molecule has 0 aliphatic heterocycles. The lowest BCUT2D eigenvalue weighted by atomic mass is 10.2. The van der Waals surface area contributed by atoms with Gasteiger partial charge in [-0.1, -0.05) is 26.1 Å². The Morgan fingerprint density at radius 3 is 2.56 bits per heavy atom. The Morgan fingerprint density at radius 1 is 1.25 bits per heavy atom. The Morgan fingerprint density at radius 2 is 1.94 bits per heavy atom. The summed E-state index contributed by atoms with van der Waals surface area (Å²) in [6.07, 6.45) is 5.00. The summed E-state index contributed by atoms with van der Waals surface area (Å²) in [5, 5.41) is 0. The molecule has 0 bridgehead atoms. The molecule has 2 heterocycles. The van der Waals surface area contributed by atoms with Crippen LogP contribution in [0.3, 0.4) is 0 Å². The summed E-state index contributed by atoms with van der Waals surface area (Å²) >= 11 is 5.13. The van der Waals surface area contributed by atoms with Crippen LogP contribution in [0.5, 0.6) is 0 Å². The maximum absolute atomic E-state index is 5.13. The molecule has 0 aliphatic carbocycles. The van der Waals surface area contributed by atoms with E-state index in [0.717, 1.165) is 17.1 Å². The molecule has 0 aliphatic rings. The molecule has 0 radical (unpaired) electrons. The van der Waals surface area contributed by atoms with E-state index in [-0.39, 0.29) is 0 Å². The minimum Gasteiger partial charge on any atom is -0.343 e. The molecule has 0 spiro atoms. The molecule has 0 aromatic carbocycles. The Hall–Kier alpha value is -1.62. The highest BCUT2D eigenvalue weighted by Gasteiger charge is 2.05. The van der Waals surface area contributed by atoms with Crippen molar-refractivity contribution < 1.29 is 0 Å². The van der Waals surface area contributed by atoms with Gasteiger partial charge >= 0.3 is 0 Å². The smallest absolute Gasteiger partial charge is 0.130 e. The lowest BCUT2D eigenvalue weighted by Crippen LogP contribution is -1.99.